The molecule has 0 amide bonds. The molecule has 0 aliphatic carbocycles. The van der Waals surface area contributed by atoms with Crippen molar-refractivity contribution in [2.45, 2.75) is 9.79 Å². The molecule has 1 aliphatic heterocycles. The molecular weight excluding hydrogens is 331 g/mol. The summed E-state index contributed by atoms with van der Waals surface area (Å²) in [7, 11) is -4.50. The van der Waals surface area contributed by atoms with Crippen LogP contribution in [0.5, 0.6) is 0 Å². The van der Waals surface area contributed by atoms with E-state index in [0.29, 0.717) is 16.0 Å². The minimum Gasteiger partial charge on any atom is -0.744 e. The predicted octanol–water partition coefficient (Wildman–Crippen LogP) is -0.0758. The summed E-state index contributed by atoms with van der Waals surface area (Å²) in [6.45, 7) is 0. The van der Waals surface area contributed by atoms with Crippen molar-refractivity contribution in [2.75, 3.05) is 0 Å². The molecule has 7 heteroatoms. The van der Waals surface area contributed by atoms with E-state index in [-0.39, 0.29) is 40.2 Å². The zero-order valence-corrected chi connectivity index (χ0v) is 15.3. The second-order valence-corrected chi connectivity index (χ2v) is 6.93. The van der Waals surface area contributed by atoms with Crippen molar-refractivity contribution in [3.63, 3.8) is 0 Å². The van der Waals surface area contributed by atoms with E-state index in [4.69, 9.17) is 0 Å². The van der Waals surface area contributed by atoms with E-state index in [2.05, 4.69) is 0 Å². The molecule has 0 aromatic heterocycles. The number of hydrogen-bond donors (Lipinski definition) is 0. The Hall–Kier alpha value is -0.890. The van der Waals surface area contributed by atoms with Gasteiger partial charge in [0, 0.05) is 10.5 Å². The standard InChI is InChI=1S/C15H10O4S2.Na/c16-15-12-6-1-2-7-13(12)20-14(15)9-10-4-3-5-11(8-10)21(17,18)19;/h1-9H,(H,17,18,19);/q;+1/p-1/b14-9+;. The Morgan fingerprint density at radius 2 is 1.77 bits per heavy atom. The molecule has 0 radical (unpaired) electrons. The predicted molar refractivity (Wildman–Crippen MR) is 79.0 cm³/mol. The molecule has 0 saturated carbocycles. The Labute approximate surface area is 154 Å². The fourth-order valence-electron chi connectivity index (χ4n) is 2.05. The first-order valence-electron chi connectivity index (χ1n) is 6.04. The van der Waals surface area contributed by atoms with Crippen LogP contribution in [0.1, 0.15) is 15.9 Å². The zero-order chi connectivity index (χ0) is 15.0. The van der Waals surface area contributed by atoms with Crippen LogP contribution in [0, 0.1) is 0 Å². The van der Waals surface area contributed by atoms with Gasteiger partial charge in [-0.1, -0.05) is 36.0 Å². The Kier molecular flexibility index (Phi) is 5.32. The molecule has 0 N–H and O–H groups in total. The van der Waals surface area contributed by atoms with Crippen molar-refractivity contribution in [3.8, 4) is 0 Å². The molecule has 0 bridgehead atoms. The van der Waals surface area contributed by atoms with Gasteiger partial charge in [0.25, 0.3) is 0 Å². The Morgan fingerprint density at radius 1 is 1.05 bits per heavy atom. The van der Waals surface area contributed by atoms with Crippen LogP contribution < -0.4 is 29.6 Å². The van der Waals surface area contributed by atoms with Gasteiger partial charge in [-0.2, -0.15) is 0 Å². The molecule has 0 saturated heterocycles. The first-order chi connectivity index (χ1) is 9.95. The van der Waals surface area contributed by atoms with Crippen LogP contribution in [0.4, 0.5) is 0 Å². The topological polar surface area (TPSA) is 74.3 Å². The molecular formula is C15H9NaO4S2. The Bertz CT molecular complexity index is 873. The molecule has 0 spiro atoms. The number of thioether (sulfide) groups is 1. The summed E-state index contributed by atoms with van der Waals surface area (Å²) in [5.41, 5.74) is 1.15. The molecule has 0 fully saturated rings. The summed E-state index contributed by atoms with van der Waals surface area (Å²) in [4.78, 5) is 13.3. The van der Waals surface area contributed by atoms with Crippen LogP contribution in [0.3, 0.4) is 0 Å². The maximum absolute atomic E-state index is 12.2. The number of Topliss-reactive ketones (excluding diaryl/α,β-unsaturated/α-hetero) is 1. The van der Waals surface area contributed by atoms with Crippen LogP contribution in [0.15, 0.2) is 63.2 Å². The summed E-state index contributed by atoms with van der Waals surface area (Å²) in [6.07, 6.45) is 1.60. The van der Waals surface area contributed by atoms with E-state index >= 15 is 0 Å². The molecule has 1 heterocycles. The molecule has 3 rings (SSSR count). The minimum absolute atomic E-state index is 0. The number of allylic oxidation sites excluding steroid dienone is 1. The molecule has 106 valence electrons. The van der Waals surface area contributed by atoms with Crippen molar-refractivity contribution in [2.24, 2.45) is 0 Å². The molecule has 0 unspecified atom stereocenters. The minimum atomic E-state index is -4.50. The third kappa shape index (κ3) is 3.53. The monoisotopic (exact) mass is 340 g/mol. The second kappa shape index (κ2) is 6.70. The van der Waals surface area contributed by atoms with Gasteiger partial charge in [0.05, 0.1) is 9.80 Å². The number of ketones is 1. The van der Waals surface area contributed by atoms with Crippen molar-refractivity contribution in [1.29, 1.82) is 0 Å². The van der Waals surface area contributed by atoms with Gasteiger partial charge in [-0.05, 0) is 35.9 Å². The van der Waals surface area contributed by atoms with Gasteiger partial charge in [0.1, 0.15) is 10.1 Å². The van der Waals surface area contributed by atoms with E-state index in [9.17, 15) is 17.8 Å². The van der Waals surface area contributed by atoms with Crippen LogP contribution in [-0.4, -0.2) is 18.8 Å². The van der Waals surface area contributed by atoms with Crippen molar-refractivity contribution < 1.29 is 47.3 Å². The van der Waals surface area contributed by atoms with Gasteiger partial charge in [-0.3, -0.25) is 4.79 Å². The Balaban J connectivity index is 0.00000176. The van der Waals surface area contributed by atoms with Gasteiger partial charge in [0.15, 0.2) is 0 Å². The summed E-state index contributed by atoms with van der Waals surface area (Å²) in [6, 6.07) is 12.9. The number of hydrogen-bond acceptors (Lipinski definition) is 5. The third-order valence-corrected chi connectivity index (χ3v) is 4.95. The normalized spacial score (nSPS) is 15.5. The molecule has 2 aromatic rings. The van der Waals surface area contributed by atoms with Gasteiger partial charge < -0.3 is 4.55 Å². The number of benzene rings is 2. The smallest absolute Gasteiger partial charge is 0.744 e. The van der Waals surface area contributed by atoms with Crippen molar-refractivity contribution in [3.05, 3.63) is 64.6 Å². The van der Waals surface area contributed by atoms with Crippen LogP contribution >= 0.6 is 11.8 Å². The van der Waals surface area contributed by atoms with Gasteiger partial charge in [-0.15, -0.1) is 0 Å². The molecule has 2 aromatic carbocycles. The van der Waals surface area contributed by atoms with Gasteiger partial charge >= 0.3 is 29.6 Å². The van der Waals surface area contributed by atoms with Crippen LogP contribution in [0.2, 0.25) is 0 Å². The largest absolute Gasteiger partial charge is 1.00 e. The maximum atomic E-state index is 12.2. The van der Waals surface area contributed by atoms with Crippen LogP contribution in [0.25, 0.3) is 6.08 Å². The van der Waals surface area contributed by atoms with E-state index < -0.39 is 10.1 Å². The molecule has 1 aliphatic rings. The molecule has 22 heavy (non-hydrogen) atoms. The molecule has 0 atom stereocenters. The summed E-state index contributed by atoms with van der Waals surface area (Å²) < 4.78 is 33.1. The SMILES string of the molecule is O=C1/C(=C\c2cccc(S(=O)(=O)[O-])c2)Sc2ccccc21.[Na+]. The van der Waals surface area contributed by atoms with E-state index in [1.165, 1.54) is 30.0 Å². The first-order valence-corrected chi connectivity index (χ1v) is 8.27. The van der Waals surface area contributed by atoms with Crippen molar-refractivity contribution >= 4 is 33.7 Å². The fourth-order valence-corrected chi connectivity index (χ4v) is 3.62. The maximum Gasteiger partial charge on any atom is 1.00 e. The van der Waals surface area contributed by atoms with Gasteiger partial charge in [0.2, 0.25) is 5.78 Å². The van der Waals surface area contributed by atoms with Gasteiger partial charge in [-0.25, -0.2) is 8.42 Å². The first kappa shape index (κ1) is 17.5. The number of fused-ring (bicyclic) bond motifs is 1. The summed E-state index contributed by atoms with van der Waals surface area (Å²) in [5.74, 6) is -0.0917. The van der Waals surface area contributed by atoms with E-state index in [1.807, 2.05) is 12.1 Å². The van der Waals surface area contributed by atoms with Crippen molar-refractivity contribution in [1.82, 2.24) is 0 Å². The number of carbonyl (C=O) groups is 1. The second-order valence-electron chi connectivity index (χ2n) is 4.46. The number of rotatable bonds is 2. The zero-order valence-electron chi connectivity index (χ0n) is 11.6. The summed E-state index contributed by atoms with van der Waals surface area (Å²) >= 11 is 1.34. The third-order valence-electron chi connectivity index (χ3n) is 3.02. The molecule has 4 nitrogen and oxygen atoms in total. The van der Waals surface area contributed by atoms with E-state index in [0.717, 1.165) is 4.90 Å². The Morgan fingerprint density at radius 3 is 2.45 bits per heavy atom. The average molecular weight is 340 g/mol. The number of carbonyl (C=O) groups excluding carboxylic acids is 1. The summed E-state index contributed by atoms with van der Waals surface area (Å²) in [5, 5.41) is 0. The average Bonchev–Trinajstić information content (AvgIpc) is 2.75. The van der Waals surface area contributed by atoms with Crippen LogP contribution in [-0.2, 0) is 10.1 Å². The fraction of sp³-hybridized carbons (Fsp3) is 0. The quantitative estimate of drug-likeness (QED) is 0.434. The van der Waals surface area contributed by atoms with E-state index in [1.54, 1.807) is 24.3 Å².